The third-order valence-electron chi connectivity index (χ3n) is 7.96. The summed E-state index contributed by atoms with van der Waals surface area (Å²) in [4.78, 5) is 25.5. The molecule has 6 rings (SSSR count). The van der Waals surface area contributed by atoms with Crippen LogP contribution in [0.1, 0.15) is 48.4 Å². The normalized spacial score (nSPS) is 21.0. The van der Waals surface area contributed by atoms with Crippen LogP contribution in [0.4, 0.5) is 23.1 Å². The molecule has 37 heavy (non-hydrogen) atoms. The molecule has 3 heterocycles. The molecule has 0 amide bonds. The molecule has 2 aromatic carbocycles. The van der Waals surface area contributed by atoms with Gasteiger partial charge in [-0.2, -0.15) is 4.98 Å². The third kappa shape index (κ3) is 4.78. The molecule has 8 heteroatoms. The van der Waals surface area contributed by atoms with Crippen LogP contribution in [-0.4, -0.2) is 46.1 Å². The fraction of sp³-hybridized carbons (Fsp3) is 0.414. The standard InChI is InChI=1S/C29H32ClN5O2/c1-29(14-26(36)37)17-35(25-6-4-3-5-22(25)29)27-23(30)15-31-28(33-27)32-24-13-21-16-34(2)10-9-19(21)12-20(24)11-18-7-8-18/h3-6,12-13,15,18H,7-11,14,16-17H2,1-2H3,(H,36,37)(H,31,32,33). The van der Waals surface area contributed by atoms with Crippen molar-refractivity contribution in [2.75, 3.05) is 30.4 Å². The first-order valence-electron chi connectivity index (χ1n) is 13.0. The number of para-hydroxylation sites is 1. The van der Waals surface area contributed by atoms with E-state index in [9.17, 15) is 9.90 Å². The van der Waals surface area contributed by atoms with Gasteiger partial charge in [-0.05, 0) is 73.0 Å². The van der Waals surface area contributed by atoms with Gasteiger partial charge in [0.25, 0.3) is 0 Å². The van der Waals surface area contributed by atoms with Gasteiger partial charge in [0.1, 0.15) is 5.02 Å². The maximum Gasteiger partial charge on any atom is 0.304 e. The molecule has 1 saturated carbocycles. The van der Waals surface area contributed by atoms with Crippen molar-refractivity contribution < 1.29 is 9.90 Å². The highest BCUT2D eigenvalue weighted by Crippen LogP contribution is 2.47. The minimum atomic E-state index is -0.823. The SMILES string of the molecule is CN1CCc2cc(CC3CC3)c(Nc3ncc(Cl)c(N4CC(C)(CC(=O)O)c5ccccc54)n3)cc2C1. The van der Waals surface area contributed by atoms with E-state index in [0.717, 1.165) is 48.8 Å². The second-order valence-corrected chi connectivity index (χ2v) is 11.5. The quantitative estimate of drug-likeness (QED) is 0.416. The summed E-state index contributed by atoms with van der Waals surface area (Å²) in [7, 11) is 2.16. The van der Waals surface area contributed by atoms with Crippen LogP contribution >= 0.6 is 11.6 Å². The number of hydrogen-bond donors (Lipinski definition) is 2. The first-order chi connectivity index (χ1) is 17.8. The molecule has 3 aliphatic rings. The molecule has 2 aliphatic heterocycles. The average molecular weight is 518 g/mol. The van der Waals surface area contributed by atoms with E-state index in [2.05, 4.69) is 34.4 Å². The van der Waals surface area contributed by atoms with Gasteiger partial charge in [-0.25, -0.2) is 4.98 Å². The third-order valence-corrected chi connectivity index (χ3v) is 8.22. The molecule has 0 saturated heterocycles. The molecule has 192 valence electrons. The number of aliphatic carboxylic acids is 1. The highest BCUT2D eigenvalue weighted by Gasteiger charge is 2.42. The maximum absolute atomic E-state index is 11.7. The van der Waals surface area contributed by atoms with Crippen LogP contribution in [0.3, 0.4) is 0 Å². The van der Waals surface area contributed by atoms with Gasteiger partial charge in [0.15, 0.2) is 5.82 Å². The first-order valence-corrected chi connectivity index (χ1v) is 13.4. The second kappa shape index (κ2) is 9.30. The number of rotatable bonds is 7. The smallest absolute Gasteiger partial charge is 0.304 e. The van der Waals surface area contributed by atoms with Gasteiger partial charge in [0, 0.05) is 36.4 Å². The summed E-state index contributed by atoms with van der Waals surface area (Å²) in [5.74, 6) is 1.02. The van der Waals surface area contributed by atoms with Crippen molar-refractivity contribution in [3.05, 3.63) is 69.9 Å². The Hall–Kier alpha value is -3.16. The zero-order chi connectivity index (χ0) is 25.7. The van der Waals surface area contributed by atoms with Crippen LogP contribution in [0.15, 0.2) is 42.6 Å². The lowest BCUT2D eigenvalue weighted by atomic mass is 9.81. The number of benzene rings is 2. The Morgan fingerprint density at radius 2 is 2.05 bits per heavy atom. The molecule has 1 aromatic heterocycles. The van der Waals surface area contributed by atoms with Gasteiger partial charge >= 0.3 is 5.97 Å². The zero-order valence-electron chi connectivity index (χ0n) is 21.3. The molecule has 3 aromatic rings. The van der Waals surface area contributed by atoms with E-state index in [-0.39, 0.29) is 6.42 Å². The number of anilines is 4. The number of hydrogen-bond acceptors (Lipinski definition) is 6. The summed E-state index contributed by atoms with van der Waals surface area (Å²) in [6.07, 6.45) is 6.40. The van der Waals surface area contributed by atoms with Gasteiger partial charge < -0.3 is 20.2 Å². The molecule has 7 nitrogen and oxygen atoms in total. The topological polar surface area (TPSA) is 81.6 Å². The molecule has 0 spiro atoms. The number of fused-ring (bicyclic) bond motifs is 2. The summed E-state index contributed by atoms with van der Waals surface area (Å²) in [5.41, 5.74) is 6.56. The summed E-state index contributed by atoms with van der Waals surface area (Å²) >= 11 is 6.65. The predicted molar refractivity (Wildman–Crippen MR) is 146 cm³/mol. The molecule has 1 aliphatic carbocycles. The van der Waals surface area contributed by atoms with E-state index in [1.54, 1.807) is 6.20 Å². The van der Waals surface area contributed by atoms with E-state index in [1.165, 1.54) is 29.5 Å². The molecule has 2 N–H and O–H groups in total. The monoisotopic (exact) mass is 517 g/mol. The lowest BCUT2D eigenvalue weighted by Crippen LogP contribution is -2.31. The Kier molecular flexibility index (Phi) is 6.08. The zero-order valence-corrected chi connectivity index (χ0v) is 22.1. The molecule has 1 unspecified atom stereocenters. The minimum Gasteiger partial charge on any atom is -0.481 e. The number of nitrogens with one attached hydrogen (secondary N) is 1. The lowest BCUT2D eigenvalue weighted by Gasteiger charge is -2.27. The predicted octanol–water partition coefficient (Wildman–Crippen LogP) is 5.70. The molecular weight excluding hydrogens is 486 g/mol. The van der Waals surface area contributed by atoms with Gasteiger partial charge in [0.2, 0.25) is 5.95 Å². The molecule has 1 fully saturated rings. The number of nitrogens with zero attached hydrogens (tertiary/aromatic N) is 4. The van der Waals surface area contributed by atoms with Crippen LogP contribution in [0.5, 0.6) is 0 Å². The van der Waals surface area contributed by atoms with Gasteiger partial charge in [-0.15, -0.1) is 0 Å². The van der Waals surface area contributed by atoms with Crippen LogP contribution in [0.25, 0.3) is 0 Å². The Labute approximate surface area is 222 Å². The van der Waals surface area contributed by atoms with E-state index in [1.807, 2.05) is 36.1 Å². The minimum absolute atomic E-state index is 0.0302. The van der Waals surface area contributed by atoms with Crippen molar-refractivity contribution in [1.29, 1.82) is 0 Å². The highest BCUT2D eigenvalue weighted by molar-refractivity contribution is 6.33. The van der Waals surface area contributed by atoms with E-state index >= 15 is 0 Å². The van der Waals surface area contributed by atoms with Crippen LogP contribution in [0.2, 0.25) is 5.02 Å². The van der Waals surface area contributed by atoms with E-state index in [0.29, 0.717) is 23.3 Å². The fourth-order valence-corrected chi connectivity index (χ4v) is 6.05. The van der Waals surface area contributed by atoms with E-state index in [4.69, 9.17) is 16.6 Å². The van der Waals surface area contributed by atoms with Gasteiger partial charge in [0.05, 0.1) is 12.6 Å². The Morgan fingerprint density at radius 3 is 2.84 bits per heavy atom. The van der Waals surface area contributed by atoms with Crippen LogP contribution < -0.4 is 10.2 Å². The van der Waals surface area contributed by atoms with Crippen LogP contribution in [-0.2, 0) is 29.6 Å². The van der Waals surface area contributed by atoms with Gasteiger partial charge in [-0.3, -0.25) is 4.79 Å². The number of carboxylic acids is 1. The van der Waals surface area contributed by atoms with Crippen LogP contribution in [0, 0.1) is 5.92 Å². The summed E-state index contributed by atoms with van der Waals surface area (Å²) in [6, 6.07) is 12.6. The van der Waals surface area contributed by atoms with Crippen molar-refractivity contribution in [3.8, 4) is 0 Å². The first kappa shape index (κ1) is 24.2. The average Bonchev–Trinajstić information content (AvgIpc) is 3.63. The summed E-state index contributed by atoms with van der Waals surface area (Å²) in [5, 5.41) is 13.5. The molecule has 1 atom stereocenters. The maximum atomic E-state index is 11.7. The number of aromatic nitrogens is 2. The second-order valence-electron chi connectivity index (χ2n) is 11.1. The highest BCUT2D eigenvalue weighted by atomic mass is 35.5. The Bertz CT molecular complexity index is 1370. The number of carbonyl (C=O) groups is 1. The fourth-order valence-electron chi connectivity index (χ4n) is 5.86. The summed E-state index contributed by atoms with van der Waals surface area (Å²) < 4.78 is 0. The summed E-state index contributed by atoms with van der Waals surface area (Å²) in [6.45, 7) is 4.49. The van der Waals surface area contributed by atoms with Crippen molar-refractivity contribution in [2.45, 2.75) is 51.0 Å². The molecular formula is C29H32ClN5O2. The number of halogens is 1. The van der Waals surface area contributed by atoms with Crippen molar-refractivity contribution in [3.63, 3.8) is 0 Å². The number of likely N-dealkylation sites (N-methyl/N-ethyl adjacent to an activating group) is 1. The van der Waals surface area contributed by atoms with Gasteiger partial charge in [-0.1, -0.05) is 42.8 Å². The largest absolute Gasteiger partial charge is 0.481 e. The Balaban J connectivity index is 1.35. The van der Waals surface area contributed by atoms with Crippen molar-refractivity contribution in [2.24, 2.45) is 5.92 Å². The molecule has 0 bridgehead atoms. The lowest BCUT2D eigenvalue weighted by molar-refractivity contribution is -0.138. The molecule has 0 radical (unpaired) electrons. The Morgan fingerprint density at radius 1 is 1.24 bits per heavy atom. The van der Waals surface area contributed by atoms with Crippen molar-refractivity contribution >= 4 is 40.7 Å². The van der Waals surface area contributed by atoms with Crippen molar-refractivity contribution in [1.82, 2.24) is 14.9 Å². The van der Waals surface area contributed by atoms with E-state index < -0.39 is 11.4 Å². The number of carboxylic acid groups (broad SMARTS) is 1.